The minimum atomic E-state index is -0.693. The van der Waals surface area contributed by atoms with E-state index in [0.717, 1.165) is 6.07 Å². The van der Waals surface area contributed by atoms with E-state index >= 15 is 0 Å². The lowest BCUT2D eigenvalue weighted by atomic mass is 10.2. The molecule has 1 heterocycles. The number of carbonyl (C=O) groups is 1. The molecule has 0 aliphatic carbocycles. The first-order chi connectivity index (χ1) is 13.0. The van der Waals surface area contributed by atoms with Crippen LogP contribution < -0.4 is 4.74 Å². The lowest BCUT2D eigenvalue weighted by Crippen LogP contribution is -2.04. The Hall–Kier alpha value is -3.75. The summed E-state index contributed by atoms with van der Waals surface area (Å²) in [7, 11) is 1.18. The van der Waals surface area contributed by atoms with Crippen LogP contribution in [0.15, 0.2) is 53.1 Å². The molecular formula is C18H13FN2O6. The van der Waals surface area contributed by atoms with Gasteiger partial charge in [0.25, 0.3) is 0 Å². The van der Waals surface area contributed by atoms with Crippen LogP contribution in [0.1, 0.15) is 16.2 Å². The summed E-state index contributed by atoms with van der Waals surface area (Å²) in [5.41, 5.74) is 0.276. The van der Waals surface area contributed by atoms with Crippen LogP contribution in [0.25, 0.3) is 11.3 Å². The van der Waals surface area contributed by atoms with E-state index in [4.69, 9.17) is 9.15 Å². The molecule has 0 aliphatic heterocycles. The molecule has 8 nitrogen and oxygen atoms in total. The summed E-state index contributed by atoms with van der Waals surface area (Å²) in [5, 5.41) is 11.2. The molecule has 0 N–H and O–H groups in total. The van der Waals surface area contributed by atoms with Crippen LogP contribution >= 0.6 is 0 Å². The number of oxazole rings is 1. The maximum atomic E-state index is 13.0. The molecule has 0 fully saturated rings. The zero-order valence-electron chi connectivity index (χ0n) is 14.0. The molecule has 3 aromatic rings. The molecule has 0 atom stereocenters. The number of methoxy groups -OCH3 is 1. The first-order valence-electron chi connectivity index (χ1n) is 7.68. The molecule has 0 amide bonds. The molecule has 0 saturated carbocycles. The van der Waals surface area contributed by atoms with E-state index in [0.29, 0.717) is 11.3 Å². The minimum absolute atomic E-state index is 0.0336. The molecule has 2 aromatic carbocycles. The maximum absolute atomic E-state index is 13.0. The third-order valence-corrected chi connectivity index (χ3v) is 3.61. The van der Waals surface area contributed by atoms with Gasteiger partial charge in [-0.3, -0.25) is 10.1 Å². The zero-order valence-corrected chi connectivity index (χ0v) is 14.0. The number of halogens is 1. The molecule has 0 radical (unpaired) electrons. The number of esters is 1. The SMILES string of the molecule is COC(=O)c1ccc(OCc2ncc(-c3ccc(F)cc3)o2)c([N+](=O)[O-])c1. The quantitative estimate of drug-likeness (QED) is 0.368. The van der Waals surface area contributed by atoms with Gasteiger partial charge in [-0.1, -0.05) is 0 Å². The van der Waals surface area contributed by atoms with Gasteiger partial charge in [-0.2, -0.15) is 0 Å². The standard InChI is InChI=1S/C18H13FN2O6/c1-25-18(22)12-4-7-15(14(8-12)21(23)24)26-10-17-20-9-16(27-17)11-2-5-13(19)6-3-11/h2-9H,10H2,1H3. The Morgan fingerprint density at radius 3 is 2.67 bits per heavy atom. The van der Waals surface area contributed by atoms with Gasteiger partial charge >= 0.3 is 11.7 Å². The number of aromatic nitrogens is 1. The second-order valence-corrected chi connectivity index (χ2v) is 5.35. The van der Waals surface area contributed by atoms with Crippen LogP contribution in [0.4, 0.5) is 10.1 Å². The Labute approximate surface area is 152 Å². The summed E-state index contributed by atoms with van der Waals surface area (Å²) < 4.78 is 28.4. The van der Waals surface area contributed by atoms with Gasteiger partial charge in [-0.25, -0.2) is 14.2 Å². The number of hydrogen-bond acceptors (Lipinski definition) is 7. The van der Waals surface area contributed by atoms with E-state index < -0.39 is 10.9 Å². The van der Waals surface area contributed by atoms with Crippen molar-refractivity contribution in [3.63, 3.8) is 0 Å². The van der Waals surface area contributed by atoms with Gasteiger partial charge in [0.05, 0.1) is 23.8 Å². The minimum Gasteiger partial charge on any atom is -0.477 e. The van der Waals surface area contributed by atoms with Gasteiger partial charge < -0.3 is 13.9 Å². The molecule has 0 spiro atoms. The fourth-order valence-corrected chi connectivity index (χ4v) is 2.29. The van der Waals surface area contributed by atoms with Gasteiger partial charge in [-0.15, -0.1) is 0 Å². The molecule has 0 aliphatic rings. The Morgan fingerprint density at radius 1 is 1.26 bits per heavy atom. The van der Waals surface area contributed by atoms with Gasteiger partial charge in [0.1, 0.15) is 5.82 Å². The van der Waals surface area contributed by atoms with E-state index in [9.17, 15) is 19.3 Å². The maximum Gasteiger partial charge on any atom is 0.338 e. The van der Waals surface area contributed by atoms with E-state index in [1.165, 1.54) is 49.7 Å². The highest BCUT2D eigenvalue weighted by atomic mass is 19.1. The van der Waals surface area contributed by atoms with Gasteiger partial charge in [0, 0.05) is 11.6 Å². The summed E-state index contributed by atoms with van der Waals surface area (Å²) in [6.07, 6.45) is 1.45. The molecule has 138 valence electrons. The van der Waals surface area contributed by atoms with Gasteiger partial charge in [0.15, 0.2) is 18.1 Å². The van der Waals surface area contributed by atoms with Crippen molar-refractivity contribution in [2.24, 2.45) is 0 Å². The number of nitro groups is 1. The molecule has 0 unspecified atom stereocenters. The highest BCUT2D eigenvalue weighted by Crippen LogP contribution is 2.29. The number of carbonyl (C=O) groups excluding carboxylic acids is 1. The van der Waals surface area contributed by atoms with E-state index in [1.807, 2.05) is 0 Å². The average Bonchev–Trinajstić information content (AvgIpc) is 3.15. The van der Waals surface area contributed by atoms with Gasteiger partial charge in [0.2, 0.25) is 5.89 Å². The summed E-state index contributed by atoms with van der Waals surface area (Å²) >= 11 is 0. The largest absolute Gasteiger partial charge is 0.477 e. The van der Waals surface area contributed by atoms with Crippen molar-refractivity contribution in [2.75, 3.05) is 7.11 Å². The van der Waals surface area contributed by atoms with Crippen LogP contribution in [0.2, 0.25) is 0 Å². The second kappa shape index (κ2) is 7.65. The predicted molar refractivity (Wildman–Crippen MR) is 90.7 cm³/mol. The molecule has 27 heavy (non-hydrogen) atoms. The lowest BCUT2D eigenvalue weighted by Gasteiger charge is -2.06. The third-order valence-electron chi connectivity index (χ3n) is 3.61. The van der Waals surface area contributed by atoms with Crippen LogP contribution in [0.3, 0.4) is 0 Å². The smallest absolute Gasteiger partial charge is 0.338 e. The van der Waals surface area contributed by atoms with Gasteiger partial charge in [-0.05, 0) is 36.4 Å². The van der Waals surface area contributed by atoms with Crippen molar-refractivity contribution in [1.82, 2.24) is 4.98 Å². The number of nitrogens with zero attached hydrogens (tertiary/aromatic N) is 2. The van der Waals surface area contributed by atoms with Crippen LogP contribution in [-0.4, -0.2) is 23.0 Å². The fraction of sp³-hybridized carbons (Fsp3) is 0.111. The number of nitro benzene ring substituents is 1. The van der Waals surface area contributed by atoms with Crippen molar-refractivity contribution < 1.29 is 28.0 Å². The first kappa shape index (κ1) is 18.1. The van der Waals surface area contributed by atoms with Crippen LogP contribution in [0, 0.1) is 15.9 Å². The molecular weight excluding hydrogens is 359 g/mol. The molecule has 3 rings (SSSR count). The Kier molecular flexibility index (Phi) is 5.11. The Morgan fingerprint density at radius 2 is 2.00 bits per heavy atom. The summed E-state index contributed by atoms with van der Waals surface area (Å²) in [6.45, 7) is -0.167. The molecule has 0 bridgehead atoms. The molecule has 9 heteroatoms. The number of hydrogen-bond donors (Lipinski definition) is 0. The van der Waals surface area contributed by atoms with Crippen molar-refractivity contribution in [1.29, 1.82) is 0 Å². The van der Waals surface area contributed by atoms with Crippen LogP contribution in [0.5, 0.6) is 5.75 Å². The molecule has 1 aromatic heterocycles. The second-order valence-electron chi connectivity index (χ2n) is 5.35. The average molecular weight is 372 g/mol. The summed E-state index contributed by atoms with van der Waals surface area (Å²) in [5.74, 6) is -0.523. The highest BCUT2D eigenvalue weighted by Gasteiger charge is 2.20. The summed E-state index contributed by atoms with van der Waals surface area (Å²) in [6, 6.07) is 9.39. The third kappa shape index (κ3) is 4.09. The topological polar surface area (TPSA) is 105 Å². The van der Waals surface area contributed by atoms with Crippen molar-refractivity contribution in [3.05, 3.63) is 76.0 Å². The summed E-state index contributed by atoms with van der Waals surface area (Å²) in [4.78, 5) is 26.1. The number of rotatable bonds is 6. The number of benzene rings is 2. The van der Waals surface area contributed by atoms with Crippen molar-refractivity contribution in [3.8, 4) is 17.1 Å². The van der Waals surface area contributed by atoms with E-state index in [-0.39, 0.29) is 35.3 Å². The monoisotopic (exact) mass is 372 g/mol. The van der Waals surface area contributed by atoms with Crippen molar-refractivity contribution in [2.45, 2.75) is 6.61 Å². The van der Waals surface area contributed by atoms with Crippen LogP contribution in [-0.2, 0) is 11.3 Å². The highest BCUT2D eigenvalue weighted by molar-refractivity contribution is 5.90. The fourth-order valence-electron chi connectivity index (χ4n) is 2.29. The van der Waals surface area contributed by atoms with E-state index in [1.54, 1.807) is 0 Å². The Balaban J connectivity index is 1.76. The zero-order chi connectivity index (χ0) is 19.4. The van der Waals surface area contributed by atoms with Crippen molar-refractivity contribution >= 4 is 11.7 Å². The predicted octanol–water partition coefficient (Wildman–Crippen LogP) is 3.75. The first-order valence-corrected chi connectivity index (χ1v) is 7.68. The normalized spacial score (nSPS) is 10.4. The lowest BCUT2D eigenvalue weighted by molar-refractivity contribution is -0.386. The molecule has 0 saturated heterocycles. The van der Waals surface area contributed by atoms with E-state index in [2.05, 4.69) is 9.72 Å². The number of ether oxygens (including phenoxy) is 2. The Bertz CT molecular complexity index is 984.